The Bertz CT molecular complexity index is 718. The molecule has 7 heteroatoms. The topological polar surface area (TPSA) is 60.2 Å². The summed E-state index contributed by atoms with van der Waals surface area (Å²) in [5.74, 6) is 1.64. The van der Waals surface area contributed by atoms with Crippen molar-refractivity contribution in [2.75, 3.05) is 13.1 Å². The van der Waals surface area contributed by atoms with Gasteiger partial charge in [-0.3, -0.25) is 4.79 Å². The first-order chi connectivity index (χ1) is 11.6. The number of rotatable bonds is 4. The molecule has 1 aliphatic heterocycles. The average Bonchev–Trinajstić information content (AvgIpc) is 3.02. The Kier molecular flexibility index (Phi) is 5.04. The predicted octanol–water partition coefficient (Wildman–Crippen LogP) is 2.64. The highest BCUT2D eigenvalue weighted by atomic mass is 35.5. The van der Waals surface area contributed by atoms with Crippen molar-refractivity contribution in [2.24, 2.45) is 7.05 Å². The summed E-state index contributed by atoms with van der Waals surface area (Å²) in [4.78, 5) is 14.6. The van der Waals surface area contributed by atoms with Gasteiger partial charge < -0.3 is 14.2 Å². The summed E-state index contributed by atoms with van der Waals surface area (Å²) in [6.45, 7) is 3.14. The van der Waals surface area contributed by atoms with Crippen LogP contribution in [0.3, 0.4) is 0 Å². The highest BCUT2D eigenvalue weighted by Crippen LogP contribution is 2.27. The molecule has 0 spiro atoms. The van der Waals surface area contributed by atoms with Crippen LogP contribution in [0.25, 0.3) is 0 Å². The number of amides is 1. The molecule has 1 fully saturated rings. The number of piperidine rings is 1. The van der Waals surface area contributed by atoms with Crippen molar-refractivity contribution in [1.82, 2.24) is 19.7 Å². The van der Waals surface area contributed by atoms with Gasteiger partial charge >= 0.3 is 0 Å². The first-order valence-electron chi connectivity index (χ1n) is 8.10. The van der Waals surface area contributed by atoms with E-state index in [1.54, 1.807) is 25.4 Å². The molecule has 0 aliphatic carbocycles. The zero-order chi connectivity index (χ0) is 17.1. The monoisotopic (exact) mass is 348 g/mol. The van der Waals surface area contributed by atoms with Crippen LogP contribution >= 0.6 is 11.6 Å². The Morgan fingerprint density at radius 1 is 1.42 bits per heavy atom. The van der Waals surface area contributed by atoms with Crippen LogP contribution in [0.4, 0.5) is 0 Å². The summed E-state index contributed by atoms with van der Waals surface area (Å²) in [5, 5.41) is 8.63. The van der Waals surface area contributed by atoms with Crippen molar-refractivity contribution in [2.45, 2.75) is 31.8 Å². The van der Waals surface area contributed by atoms with Gasteiger partial charge in [0.15, 0.2) is 6.10 Å². The standard InChI is InChI=1S/C17H21ClN4O2/c1-12(24-15-8-4-3-7-14(15)18)17(23)22-9-5-6-13(10-22)16-20-19-11-21(16)2/h3-4,7-8,11-13H,5-6,9-10H2,1-2H3/t12-,13-/m0/s1. The number of nitrogens with zero attached hydrogens (tertiary/aromatic N) is 4. The molecular weight excluding hydrogens is 328 g/mol. The van der Waals surface area contributed by atoms with E-state index in [1.165, 1.54) is 0 Å². The quantitative estimate of drug-likeness (QED) is 0.852. The highest BCUT2D eigenvalue weighted by Gasteiger charge is 2.30. The summed E-state index contributed by atoms with van der Waals surface area (Å²) in [6, 6.07) is 7.19. The van der Waals surface area contributed by atoms with E-state index in [0.29, 0.717) is 17.3 Å². The molecule has 1 aromatic heterocycles. The van der Waals surface area contributed by atoms with Crippen LogP contribution in [-0.4, -0.2) is 44.8 Å². The average molecular weight is 349 g/mol. The fraction of sp³-hybridized carbons (Fsp3) is 0.471. The number of hydrogen-bond acceptors (Lipinski definition) is 4. The Morgan fingerprint density at radius 2 is 2.21 bits per heavy atom. The van der Waals surface area contributed by atoms with Gasteiger partial charge in [-0.25, -0.2) is 0 Å². The SMILES string of the molecule is C[C@H](Oc1ccccc1Cl)C(=O)N1CCC[C@H](c2nncn2C)C1. The number of para-hydroxylation sites is 1. The lowest BCUT2D eigenvalue weighted by atomic mass is 9.97. The first kappa shape index (κ1) is 16.8. The Balaban J connectivity index is 1.66. The second kappa shape index (κ2) is 7.21. The molecule has 0 N–H and O–H groups in total. The smallest absolute Gasteiger partial charge is 0.263 e. The molecule has 1 amide bonds. The van der Waals surface area contributed by atoms with Gasteiger partial charge in [0.1, 0.15) is 17.9 Å². The van der Waals surface area contributed by atoms with Gasteiger partial charge in [0, 0.05) is 26.1 Å². The summed E-state index contributed by atoms with van der Waals surface area (Å²) >= 11 is 6.10. The molecule has 0 unspecified atom stereocenters. The number of ether oxygens (including phenoxy) is 1. The number of hydrogen-bond donors (Lipinski definition) is 0. The molecule has 1 saturated heterocycles. The zero-order valence-corrected chi connectivity index (χ0v) is 14.6. The maximum Gasteiger partial charge on any atom is 0.263 e. The molecule has 3 rings (SSSR count). The van der Waals surface area contributed by atoms with Gasteiger partial charge in [-0.2, -0.15) is 0 Å². The van der Waals surface area contributed by atoms with E-state index in [0.717, 1.165) is 25.2 Å². The van der Waals surface area contributed by atoms with Crippen molar-refractivity contribution < 1.29 is 9.53 Å². The maximum absolute atomic E-state index is 12.7. The number of benzene rings is 1. The molecule has 0 bridgehead atoms. The molecule has 1 aromatic carbocycles. The van der Waals surface area contributed by atoms with E-state index in [4.69, 9.17) is 16.3 Å². The molecule has 6 nitrogen and oxygen atoms in total. The van der Waals surface area contributed by atoms with Gasteiger partial charge in [0.05, 0.1) is 5.02 Å². The molecule has 24 heavy (non-hydrogen) atoms. The van der Waals surface area contributed by atoms with Crippen molar-refractivity contribution in [3.05, 3.63) is 41.4 Å². The highest BCUT2D eigenvalue weighted by molar-refractivity contribution is 6.32. The van der Waals surface area contributed by atoms with Crippen molar-refractivity contribution in [3.63, 3.8) is 0 Å². The fourth-order valence-corrected chi connectivity index (χ4v) is 3.27. The van der Waals surface area contributed by atoms with Crippen LogP contribution in [-0.2, 0) is 11.8 Å². The molecule has 2 atom stereocenters. The lowest BCUT2D eigenvalue weighted by molar-refractivity contribution is -0.139. The number of aryl methyl sites for hydroxylation is 1. The molecular formula is C17H21ClN4O2. The van der Waals surface area contributed by atoms with Crippen molar-refractivity contribution in [3.8, 4) is 5.75 Å². The first-order valence-corrected chi connectivity index (χ1v) is 8.48. The fourth-order valence-electron chi connectivity index (χ4n) is 3.09. The Hall–Kier alpha value is -2.08. The number of halogens is 1. The van der Waals surface area contributed by atoms with Gasteiger partial charge in [0.2, 0.25) is 0 Å². The summed E-state index contributed by atoms with van der Waals surface area (Å²) in [5.41, 5.74) is 0. The van der Waals surface area contributed by atoms with Gasteiger partial charge in [-0.1, -0.05) is 23.7 Å². The van der Waals surface area contributed by atoms with Crippen LogP contribution in [0, 0.1) is 0 Å². The minimum absolute atomic E-state index is 0.0261. The minimum atomic E-state index is -0.580. The van der Waals surface area contributed by atoms with E-state index >= 15 is 0 Å². The molecule has 1 aliphatic rings. The van der Waals surface area contributed by atoms with Crippen LogP contribution in [0.1, 0.15) is 31.5 Å². The second-order valence-corrected chi connectivity index (χ2v) is 6.52. The largest absolute Gasteiger partial charge is 0.479 e. The summed E-state index contributed by atoms with van der Waals surface area (Å²) in [7, 11) is 1.93. The van der Waals surface area contributed by atoms with Crippen LogP contribution < -0.4 is 4.74 Å². The molecule has 128 valence electrons. The van der Waals surface area contributed by atoms with E-state index < -0.39 is 6.10 Å². The maximum atomic E-state index is 12.7. The normalized spacial score (nSPS) is 19.1. The predicted molar refractivity (Wildman–Crippen MR) is 91.1 cm³/mol. The lowest BCUT2D eigenvalue weighted by Crippen LogP contribution is -2.45. The van der Waals surface area contributed by atoms with E-state index in [9.17, 15) is 4.79 Å². The third-order valence-electron chi connectivity index (χ3n) is 4.33. The number of carbonyl (C=O) groups is 1. The third kappa shape index (κ3) is 3.53. The Morgan fingerprint density at radius 3 is 2.92 bits per heavy atom. The molecule has 2 heterocycles. The van der Waals surface area contributed by atoms with Crippen molar-refractivity contribution >= 4 is 17.5 Å². The Labute approximate surface area is 146 Å². The van der Waals surface area contributed by atoms with Gasteiger partial charge in [-0.15, -0.1) is 10.2 Å². The molecule has 0 saturated carbocycles. The van der Waals surface area contributed by atoms with E-state index in [2.05, 4.69) is 10.2 Å². The lowest BCUT2D eigenvalue weighted by Gasteiger charge is -2.33. The van der Waals surface area contributed by atoms with E-state index in [1.807, 2.05) is 28.6 Å². The second-order valence-electron chi connectivity index (χ2n) is 6.11. The van der Waals surface area contributed by atoms with E-state index in [-0.39, 0.29) is 11.8 Å². The number of likely N-dealkylation sites (tertiary alicyclic amines) is 1. The minimum Gasteiger partial charge on any atom is -0.479 e. The van der Waals surface area contributed by atoms with Crippen LogP contribution in [0.5, 0.6) is 5.75 Å². The third-order valence-corrected chi connectivity index (χ3v) is 4.65. The molecule has 0 radical (unpaired) electrons. The zero-order valence-electron chi connectivity index (χ0n) is 13.9. The summed E-state index contributed by atoms with van der Waals surface area (Å²) < 4.78 is 7.67. The van der Waals surface area contributed by atoms with Gasteiger partial charge in [0.25, 0.3) is 5.91 Å². The van der Waals surface area contributed by atoms with Crippen LogP contribution in [0.2, 0.25) is 5.02 Å². The number of carbonyl (C=O) groups excluding carboxylic acids is 1. The summed E-state index contributed by atoms with van der Waals surface area (Å²) in [6.07, 6.45) is 3.07. The van der Waals surface area contributed by atoms with Crippen LogP contribution in [0.15, 0.2) is 30.6 Å². The van der Waals surface area contributed by atoms with Gasteiger partial charge in [-0.05, 0) is 31.9 Å². The van der Waals surface area contributed by atoms with Crippen molar-refractivity contribution in [1.29, 1.82) is 0 Å². The molecule has 2 aromatic rings. The number of aromatic nitrogens is 3.